The van der Waals surface area contributed by atoms with Gasteiger partial charge in [-0.3, -0.25) is 14.2 Å². The molecule has 32 heavy (non-hydrogen) atoms. The number of fused-ring (bicyclic) bond motifs is 1. The van der Waals surface area contributed by atoms with Gasteiger partial charge in [0.25, 0.3) is 5.91 Å². The van der Waals surface area contributed by atoms with Crippen molar-refractivity contribution in [2.45, 2.75) is 19.3 Å². The molecule has 6 heteroatoms. The number of nitrogens with zero attached hydrogens (tertiary/aromatic N) is 1. The monoisotopic (exact) mass is 431 g/mol. The molecule has 1 aromatic heterocycles. The fraction of sp³-hybridized carbons (Fsp3) is 0.154. The van der Waals surface area contributed by atoms with E-state index in [0.717, 1.165) is 5.56 Å². The standard InChI is InChI=1S/C26H22FNO4/c1-16-24(20(26(30)31)13-17-9-5-3-6-10-17)19-14-23(32-2)21(27)15-22(19)28(16)25(29)18-11-7-4-8-12-18/h3-12,14-15,20H,13H2,1-2H3,(H,30,31). The van der Waals surface area contributed by atoms with E-state index in [4.69, 9.17) is 4.74 Å². The normalized spacial score (nSPS) is 12.0. The Morgan fingerprint density at radius 1 is 1.03 bits per heavy atom. The fourth-order valence-electron chi connectivity index (χ4n) is 4.17. The van der Waals surface area contributed by atoms with Crippen LogP contribution in [0.25, 0.3) is 10.9 Å². The Hall–Kier alpha value is -3.93. The van der Waals surface area contributed by atoms with Gasteiger partial charge in [-0.05, 0) is 42.7 Å². The van der Waals surface area contributed by atoms with E-state index in [1.165, 1.54) is 23.8 Å². The first-order valence-electron chi connectivity index (χ1n) is 10.2. The molecule has 0 amide bonds. The molecule has 0 aliphatic heterocycles. The lowest BCUT2D eigenvalue weighted by Gasteiger charge is -2.14. The molecular formula is C26H22FNO4. The maximum absolute atomic E-state index is 14.6. The summed E-state index contributed by atoms with van der Waals surface area (Å²) < 4.78 is 21.2. The molecule has 1 heterocycles. The van der Waals surface area contributed by atoms with Crippen LogP contribution in [-0.4, -0.2) is 28.7 Å². The smallest absolute Gasteiger partial charge is 0.311 e. The molecule has 1 atom stereocenters. The Kier molecular flexibility index (Phi) is 5.77. The van der Waals surface area contributed by atoms with Gasteiger partial charge in [0, 0.05) is 22.7 Å². The average molecular weight is 431 g/mol. The number of carboxylic acid groups (broad SMARTS) is 1. The number of carbonyl (C=O) groups excluding carboxylic acids is 1. The number of benzene rings is 3. The summed E-state index contributed by atoms with van der Waals surface area (Å²) in [6.07, 6.45) is 0.231. The van der Waals surface area contributed by atoms with E-state index in [2.05, 4.69) is 0 Å². The number of ether oxygens (including phenoxy) is 1. The van der Waals surface area contributed by atoms with Crippen LogP contribution < -0.4 is 4.74 Å². The highest BCUT2D eigenvalue weighted by Crippen LogP contribution is 2.37. The fourth-order valence-corrected chi connectivity index (χ4v) is 4.17. The summed E-state index contributed by atoms with van der Waals surface area (Å²) in [6.45, 7) is 1.70. The van der Waals surface area contributed by atoms with Gasteiger partial charge in [0.2, 0.25) is 0 Å². The third kappa shape index (κ3) is 3.75. The minimum atomic E-state index is -1.02. The summed E-state index contributed by atoms with van der Waals surface area (Å²) in [5.41, 5.74) is 2.52. The Morgan fingerprint density at radius 2 is 1.66 bits per heavy atom. The van der Waals surface area contributed by atoms with Crippen molar-refractivity contribution in [2.75, 3.05) is 7.11 Å². The molecule has 0 spiro atoms. The second-order valence-electron chi connectivity index (χ2n) is 7.59. The third-order valence-corrected chi connectivity index (χ3v) is 5.68. The number of hydrogen-bond donors (Lipinski definition) is 1. The number of halogens is 1. The van der Waals surface area contributed by atoms with Gasteiger partial charge in [-0.25, -0.2) is 4.39 Å². The molecule has 1 unspecified atom stereocenters. The highest BCUT2D eigenvalue weighted by atomic mass is 19.1. The van der Waals surface area contributed by atoms with E-state index in [9.17, 15) is 19.1 Å². The van der Waals surface area contributed by atoms with E-state index in [1.807, 2.05) is 30.3 Å². The van der Waals surface area contributed by atoms with Crippen molar-refractivity contribution in [3.05, 3.63) is 101 Å². The van der Waals surface area contributed by atoms with Crippen LogP contribution in [0.1, 0.15) is 33.1 Å². The summed E-state index contributed by atoms with van der Waals surface area (Å²) >= 11 is 0. The summed E-state index contributed by atoms with van der Waals surface area (Å²) in [6, 6.07) is 20.6. The molecule has 3 aromatic carbocycles. The molecule has 4 rings (SSSR count). The number of aliphatic carboxylic acids is 1. The van der Waals surface area contributed by atoms with Crippen LogP contribution in [0.3, 0.4) is 0 Å². The van der Waals surface area contributed by atoms with Crippen LogP contribution in [0.5, 0.6) is 5.75 Å². The van der Waals surface area contributed by atoms with Gasteiger partial charge < -0.3 is 9.84 Å². The molecule has 0 saturated carbocycles. The maximum Gasteiger partial charge on any atom is 0.311 e. The van der Waals surface area contributed by atoms with Crippen molar-refractivity contribution in [1.29, 1.82) is 0 Å². The summed E-state index contributed by atoms with van der Waals surface area (Å²) in [7, 11) is 1.35. The highest BCUT2D eigenvalue weighted by Gasteiger charge is 2.30. The minimum absolute atomic E-state index is 0.00749. The number of aromatic nitrogens is 1. The number of hydrogen-bond acceptors (Lipinski definition) is 3. The van der Waals surface area contributed by atoms with Crippen LogP contribution in [0.4, 0.5) is 4.39 Å². The SMILES string of the molecule is COc1cc2c(C(Cc3ccccc3)C(=O)O)c(C)n(C(=O)c3ccccc3)c2cc1F. The molecular weight excluding hydrogens is 409 g/mol. The molecule has 0 bridgehead atoms. The quantitative estimate of drug-likeness (QED) is 0.456. The summed E-state index contributed by atoms with van der Waals surface area (Å²) in [5.74, 6) is -2.94. The molecule has 1 N–H and O–H groups in total. The molecule has 0 aliphatic carbocycles. The first kappa shape index (κ1) is 21.3. The molecule has 5 nitrogen and oxygen atoms in total. The Morgan fingerprint density at radius 3 is 2.25 bits per heavy atom. The zero-order valence-electron chi connectivity index (χ0n) is 17.7. The van der Waals surface area contributed by atoms with Crippen LogP contribution >= 0.6 is 0 Å². The molecule has 0 radical (unpaired) electrons. The van der Waals surface area contributed by atoms with E-state index < -0.39 is 17.7 Å². The van der Waals surface area contributed by atoms with E-state index >= 15 is 0 Å². The first-order chi connectivity index (χ1) is 15.4. The number of carboxylic acids is 1. The third-order valence-electron chi connectivity index (χ3n) is 5.68. The first-order valence-corrected chi connectivity index (χ1v) is 10.2. The van der Waals surface area contributed by atoms with Crippen molar-refractivity contribution in [1.82, 2.24) is 4.57 Å². The average Bonchev–Trinajstić information content (AvgIpc) is 3.07. The Labute approximate surface area is 184 Å². The summed E-state index contributed by atoms with van der Waals surface area (Å²) in [4.78, 5) is 25.7. The van der Waals surface area contributed by atoms with Crippen molar-refractivity contribution < 1.29 is 23.8 Å². The zero-order valence-corrected chi connectivity index (χ0v) is 17.7. The maximum atomic E-state index is 14.6. The van der Waals surface area contributed by atoms with Crippen molar-refractivity contribution in [2.24, 2.45) is 0 Å². The second kappa shape index (κ2) is 8.67. The van der Waals surface area contributed by atoms with Gasteiger partial charge in [-0.2, -0.15) is 0 Å². The van der Waals surface area contributed by atoms with Gasteiger partial charge in [-0.15, -0.1) is 0 Å². The van der Waals surface area contributed by atoms with Crippen LogP contribution in [0.15, 0.2) is 72.8 Å². The van der Waals surface area contributed by atoms with Gasteiger partial charge in [0.1, 0.15) is 0 Å². The van der Waals surface area contributed by atoms with Gasteiger partial charge in [-0.1, -0.05) is 48.5 Å². The van der Waals surface area contributed by atoms with Crippen molar-refractivity contribution in [3.8, 4) is 5.75 Å². The van der Waals surface area contributed by atoms with E-state index in [-0.39, 0.29) is 18.1 Å². The van der Waals surface area contributed by atoms with Gasteiger partial charge in [0.15, 0.2) is 11.6 Å². The topological polar surface area (TPSA) is 68.5 Å². The molecule has 4 aromatic rings. The van der Waals surface area contributed by atoms with Gasteiger partial charge >= 0.3 is 5.97 Å². The number of rotatable bonds is 6. The zero-order chi connectivity index (χ0) is 22.8. The van der Waals surface area contributed by atoms with Crippen molar-refractivity contribution in [3.63, 3.8) is 0 Å². The lowest BCUT2D eigenvalue weighted by atomic mass is 9.90. The van der Waals surface area contributed by atoms with Crippen LogP contribution in [0.2, 0.25) is 0 Å². The van der Waals surface area contributed by atoms with E-state index in [1.54, 1.807) is 37.3 Å². The molecule has 0 fully saturated rings. The Balaban J connectivity index is 1.98. The highest BCUT2D eigenvalue weighted by molar-refractivity contribution is 6.05. The summed E-state index contributed by atoms with van der Waals surface area (Å²) in [5, 5.41) is 10.6. The molecule has 162 valence electrons. The molecule has 0 saturated heterocycles. The predicted molar refractivity (Wildman–Crippen MR) is 120 cm³/mol. The molecule has 0 aliphatic rings. The lowest BCUT2D eigenvalue weighted by molar-refractivity contribution is -0.138. The van der Waals surface area contributed by atoms with Crippen LogP contribution in [0, 0.1) is 12.7 Å². The van der Waals surface area contributed by atoms with Gasteiger partial charge in [0.05, 0.1) is 18.5 Å². The number of methoxy groups -OCH3 is 1. The lowest BCUT2D eigenvalue weighted by Crippen LogP contribution is -2.17. The number of carbonyl (C=O) groups is 2. The predicted octanol–water partition coefficient (Wildman–Crippen LogP) is 5.20. The van der Waals surface area contributed by atoms with E-state index in [0.29, 0.717) is 27.7 Å². The van der Waals surface area contributed by atoms with Crippen molar-refractivity contribution >= 4 is 22.8 Å². The second-order valence-corrected chi connectivity index (χ2v) is 7.59. The largest absolute Gasteiger partial charge is 0.494 e. The minimum Gasteiger partial charge on any atom is -0.494 e. The Bertz CT molecular complexity index is 1300. The van der Waals surface area contributed by atoms with Crippen LogP contribution in [-0.2, 0) is 11.2 Å².